The third kappa shape index (κ3) is 5.93. The third-order valence-corrected chi connectivity index (χ3v) is 3.95. The monoisotopic (exact) mass is 259 g/mol. The smallest absolute Gasteiger partial charge is 0.221 e. The van der Waals surface area contributed by atoms with E-state index >= 15 is 0 Å². The fraction of sp³-hybridized carbons (Fsp3) is 1.00. The summed E-state index contributed by atoms with van der Waals surface area (Å²) in [5.74, 6) is 0.198. The first-order chi connectivity index (χ1) is 5.52. The molecule has 1 N–H and O–H groups in total. The predicted molar refractivity (Wildman–Crippen MR) is 51.8 cm³/mol. The van der Waals surface area contributed by atoms with Crippen LogP contribution in [0.4, 0.5) is 0 Å². The summed E-state index contributed by atoms with van der Waals surface area (Å²) in [4.78, 5) is 0. The van der Waals surface area contributed by atoms with Crippen molar-refractivity contribution in [1.82, 2.24) is 4.72 Å². The molecule has 0 aromatic carbocycles. The molecule has 1 atom stereocenters. The second kappa shape index (κ2) is 5.90. The number of rotatable bonds is 6. The van der Waals surface area contributed by atoms with E-state index in [-0.39, 0.29) is 10.6 Å². The molecule has 0 aliphatic carbocycles. The number of sulfonamides is 1. The maximum Gasteiger partial charge on any atom is 0.221 e. The maximum absolute atomic E-state index is 10.9. The molecule has 0 spiro atoms. The van der Waals surface area contributed by atoms with E-state index in [1.165, 1.54) is 0 Å². The minimum atomic E-state index is -3.12. The summed E-state index contributed by atoms with van der Waals surface area (Å²) in [6.07, 6.45) is 0. The molecule has 0 aliphatic heterocycles. The van der Waals surface area contributed by atoms with Crippen molar-refractivity contribution in [2.45, 2.75) is 6.92 Å². The third-order valence-electron chi connectivity index (χ3n) is 1.25. The summed E-state index contributed by atoms with van der Waals surface area (Å²) >= 11 is 2.88. The second-order valence-corrected chi connectivity index (χ2v) is 5.74. The second-order valence-electron chi connectivity index (χ2n) is 2.63. The van der Waals surface area contributed by atoms with Gasteiger partial charge in [0.15, 0.2) is 0 Å². The van der Waals surface area contributed by atoms with Crippen molar-refractivity contribution in [2.75, 3.05) is 24.9 Å². The average molecular weight is 260 g/mol. The summed E-state index contributed by atoms with van der Waals surface area (Å²) in [7, 11) is -1.53. The molecule has 74 valence electrons. The van der Waals surface area contributed by atoms with Gasteiger partial charge in [-0.2, -0.15) is 0 Å². The highest BCUT2D eigenvalue weighted by molar-refractivity contribution is 9.10. The van der Waals surface area contributed by atoms with Gasteiger partial charge in [0.25, 0.3) is 0 Å². The van der Waals surface area contributed by atoms with Crippen molar-refractivity contribution in [3.8, 4) is 0 Å². The van der Waals surface area contributed by atoms with Crippen LogP contribution in [-0.2, 0) is 14.8 Å². The van der Waals surface area contributed by atoms with Gasteiger partial charge in [0, 0.05) is 20.3 Å². The Morgan fingerprint density at radius 3 is 2.58 bits per heavy atom. The lowest BCUT2D eigenvalue weighted by Crippen LogP contribution is -2.30. The summed E-state index contributed by atoms with van der Waals surface area (Å²) in [6, 6.07) is 0. The van der Waals surface area contributed by atoms with Crippen molar-refractivity contribution in [2.24, 2.45) is 5.92 Å². The number of halogens is 1. The van der Waals surface area contributed by atoms with Gasteiger partial charge >= 0.3 is 0 Å². The lowest BCUT2D eigenvalue weighted by atomic mass is 10.2. The van der Waals surface area contributed by atoms with Crippen molar-refractivity contribution >= 4 is 26.0 Å². The zero-order chi connectivity index (χ0) is 9.61. The molecule has 0 aromatic heterocycles. The molecule has 0 aliphatic rings. The SMILES string of the molecule is COCC(C)CNS(=O)(=O)CBr. The van der Waals surface area contributed by atoms with Crippen LogP contribution >= 0.6 is 15.9 Å². The van der Waals surface area contributed by atoms with E-state index in [9.17, 15) is 8.42 Å². The van der Waals surface area contributed by atoms with Crippen LogP contribution in [0.5, 0.6) is 0 Å². The molecule has 0 rings (SSSR count). The predicted octanol–water partition coefficient (Wildman–Crippen LogP) is 0.541. The zero-order valence-electron chi connectivity index (χ0n) is 7.21. The summed E-state index contributed by atoms with van der Waals surface area (Å²) in [5.41, 5.74) is 0. The van der Waals surface area contributed by atoms with E-state index < -0.39 is 10.0 Å². The first-order valence-electron chi connectivity index (χ1n) is 3.54. The summed E-state index contributed by atoms with van der Waals surface area (Å²) in [6.45, 7) is 2.90. The Kier molecular flexibility index (Phi) is 6.08. The fourth-order valence-electron chi connectivity index (χ4n) is 0.651. The lowest BCUT2D eigenvalue weighted by molar-refractivity contribution is 0.161. The van der Waals surface area contributed by atoms with Gasteiger partial charge in [0.1, 0.15) is 4.66 Å². The van der Waals surface area contributed by atoms with E-state index in [0.29, 0.717) is 13.2 Å². The van der Waals surface area contributed by atoms with Crippen molar-refractivity contribution in [3.05, 3.63) is 0 Å². The van der Waals surface area contributed by atoms with Gasteiger partial charge in [-0.15, -0.1) is 0 Å². The molecule has 0 bridgehead atoms. The van der Waals surface area contributed by atoms with Crippen molar-refractivity contribution in [3.63, 3.8) is 0 Å². The van der Waals surface area contributed by atoms with Crippen LogP contribution in [0.1, 0.15) is 6.92 Å². The van der Waals surface area contributed by atoms with Gasteiger partial charge in [0.05, 0.1) is 0 Å². The molecule has 0 amide bonds. The van der Waals surface area contributed by atoms with Crippen LogP contribution in [0.2, 0.25) is 0 Å². The Bertz CT molecular complexity index is 205. The van der Waals surface area contributed by atoms with Crippen LogP contribution < -0.4 is 4.72 Å². The maximum atomic E-state index is 10.9. The average Bonchev–Trinajstić information content (AvgIpc) is 2.02. The number of ether oxygens (including phenoxy) is 1. The van der Waals surface area contributed by atoms with Gasteiger partial charge in [-0.05, 0) is 5.92 Å². The molecule has 0 aromatic rings. The Hall–Kier alpha value is 0.350. The number of hydrogen-bond donors (Lipinski definition) is 1. The van der Waals surface area contributed by atoms with E-state index in [0.717, 1.165) is 0 Å². The van der Waals surface area contributed by atoms with E-state index in [4.69, 9.17) is 4.74 Å². The molecule has 4 nitrogen and oxygen atoms in total. The molecule has 1 unspecified atom stereocenters. The quantitative estimate of drug-likeness (QED) is 0.709. The van der Waals surface area contributed by atoms with Gasteiger partial charge in [0.2, 0.25) is 10.0 Å². The highest BCUT2D eigenvalue weighted by Crippen LogP contribution is 1.96. The van der Waals surface area contributed by atoms with Gasteiger partial charge < -0.3 is 4.74 Å². The van der Waals surface area contributed by atoms with Crippen LogP contribution in [0, 0.1) is 5.92 Å². The normalized spacial score (nSPS) is 14.6. The minimum Gasteiger partial charge on any atom is -0.384 e. The minimum absolute atomic E-state index is 0.0559. The van der Waals surface area contributed by atoms with Gasteiger partial charge in [-0.25, -0.2) is 13.1 Å². The lowest BCUT2D eigenvalue weighted by Gasteiger charge is -2.10. The fourth-order valence-corrected chi connectivity index (χ4v) is 1.75. The van der Waals surface area contributed by atoms with Crippen LogP contribution in [0.25, 0.3) is 0 Å². The molecule has 0 saturated heterocycles. The van der Waals surface area contributed by atoms with Gasteiger partial charge in [-0.3, -0.25) is 0 Å². The number of alkyl halides is 1. The Morgan fingerprint density at radius 1 is 1.58 bits per heavy atom. The van der Waals surface area contributed by atoms with E-state index in [1.54, 1.807) is 7.11 Å². The van der Waals surface area contributed by atoms with E-state index in [1.807, 2.05) is 6.92 Å². The van der Waals surface area contributed by atoms with Crippen LogP contribution in [-0.4, -0.2) is 33.3 Å². The molecule has 0 saturated carbocycles. The molecular formula is C6H14BrNO3S. The largest absolute Gasteiger partial charge is 0.384 e. The topological polar surface area (TPSA) is 55.4 Å². The number of hydrogen-bond acceptors (Lipinski definition) is 3. The highest BCUT2D eigenvalue weighted by Gasteiger charge is 2.09. The van der Waals surface area contributed by atoms with Crippen molar-refractivity contribution in [1.29, 1.82) is 0 Å². The molecule has 0 fully saturated rings. The summed E-state index contributed by atoms with van der Waals surface area (Å²) in [5, 5.41) is 0. The first kappa shape index (κ1) is 12.3. The van der Waals surface area contributed by atoms with Gasteiger partial charge in [-0.1, -0.05) is 22.9 Å². The first-order valence-corrected chi connectivity index (χ1v) is 6.31. The molecular weight excluding hydrogens is 246 g/mol. The zero-order valence-corrected chi connectivity index (χ0v) is 9.61. The standard InChI is InChI=1S/C6H14BrNO3S/c1-6(4-11-2)3-8-12(9,10)5-7/h6,8H,3-5H2,1-2H3. The number of methoxy groups -OCH3 is 1. The Morgan fingerprint density at radius 2 is 2.17 bits per heavy atom. The molecule has 0 radical (unpaired) electrons. The van der Waals surface area contributed by atoms with Crippen molar-refractivity contribution < 1.29 is 13.2 Å². The molecule has 6 heteroatoms. The molecule has 12 heavy (non-hydrogen) atoms. The summed E-state index contributed by atoms with van der Waals surface area (Å²) < 4.78 is 29.1. The highest BCUT2D eigenvalue weighted by atomic mass is 79.9. The van der Waals surface area contributed by atoms with Crippen LogP contribution in [0.3, 0.4) is 0 Å². The molecule has 0 heterocycles. The Balaban J connectivity index is 3.68. The Labute approximate surface area is 81.9 Å². The van der Waals surface area contributed by atoms with E-state index in [2.05, 4.69) is 20.7 Å². The van der Waals surface area contributed by atoms with Crippen LogP contribution in [0.15, 0.2) is 0 Å². The number of nitrogens with one attached hydrogen (secondary N) is 1.